The van der Waals surface area contributed by atoms with Crippen LogP contribution in [0.4, 0.5) is 0 Å². The van der Waals surface area contributed by atoms with E-state index in [0.29, 0.717) is 12.4 Å². The number of nitrogens with zero attached hydrogens (tertiary/aromatic N) is 3. The van der Waals surface area contributed by atoms with Crippen LogP contribution in [0.2, 0.25) is 0 Å². The monoisotopic (exact) mass is 196 g/mol. The average molecular weight is 196 g/mol. The first-order valence-corrected chi connectivity index (χ1v) is 4.57. The molecule has 3 N–H and O–H groups in total. The highest BCUT2D eigenvalue weighted by Gasteiger charge is 2.21. The highest BCUT2D eigenvalue weighted by atomic mass is 16.1. The van der Waals surface area contributed by atoms with Gasteiger partial charge in [0.05, 0.1) is 12.5 Å². The minimum absolute atomic E-state index is 0.0554. The Hall–Kier alpha value is -1.50. The number of carbonyl (C=O) groups excluding carboxylic acids is 1. The molecule has 1 aromatic rings. The molecule has 7 heteroatoms. The molecule has 0 unspecified atom stereocenters. The van der Waals surface area contributed by atoms with Gasteiger partial charge >= 0.3 is 0 Å². The first-order chi connectivity index (χ1) is 6.86. The summed E-state index contributed by atoms with van der Waals surface area (Å²) in [7, 11) is 0. The van der Waals surface area contributed by atoms with Gasteiger partial charge in [-0.15, -0.1) is 10.2 Å². The zero-order valence-corrected chi connectivity index (χ0v) is 7.66. The molecule has 76 valence electrons. The van der Waals surface area contributed by atoms with Crippen LogP contribution in [-0.2, 0) is 11.3 Å². The van der Waals surface area contributed by atoms with Gasteiger partial charge in [-0.3, -0.25) is 4.79 Å². The molecule has 0 saturated carbocycles. The number of rotatable bonds is 3. The minimum atomic E-state index is 0.0554. The summed E-state index contributed by atoms with van der Waals surface area (Å²) >= 11 is 0. The van der Waals surface area contributed by atoms with Crippen molar-refractivity contribution in [2.45, 2.75) is 13.0 Å². The van der Waals surface area contributed by atoms with Gasteiger partial charge in [-0.1, -0.05) is 5.21 Å². The molecule has 1 saturated heterocycles. The van der Waals surface area contributed by atoms with Crippen LogP contribution >= 0.6 is 0 Å². The van der Waals surface area contributed by atoms with E-state index >= 15 is 0 Å². The van der Waals surface area contributed by atoms with Crippen LogP contribution < -0.4 is 10.6 Å². The van der Waals surface area contributed by atoms with Crippen molar-refractivity contribution in [1.29, 1.82) is 0 Å². The van der Waals surface area contributed by atoms with Crippen LogP contribution in [0.25, 0.3) is 0 Å². The summed E-state index contributed by atoms with van der Waals surface area (Å²) in [6, 6.07) is 0. The molecule has 0 aliphatic carbocycles. The van der Waals surface area contributed by atoms with Crippen molar-refractivity contribution in [3.05, 3.63) is 5.82 Å². The van der Waals surface area contributed by atoms with Crippen molar-refractivity contribution in [1.82, 2.24) is 31.3 Å². The molecular formula is C7H12N6O. The summed E-state index contributed by atoms with van der Waals surface area (Å²) in [6.45, 7) is 2.02. The third-order valence-electron chi connectivity index (χ3n) is 2.24. The highest BCUT2D eigenvalue weighted by Crippen LogP contribution is 2.06. The van der Waals surface area contributed by atoms with Crippen LogP contribution in [0.3, 0.4) is 0 Å². The van der Waals surface area contributed by atoms with Crippen LogP contribution in [0.5, 0.6) is 0 Å². The van der Waals surface area contributed by atoms with Gasteiger partial charge in [-0.25, -0.2) is 0 Å². The first-order valence-electron chi connectivity index (χ1n) is 4.57. The topological polar surface area (TPSA) is 95.6 Å². The van der Waals surface area contributed by atoms with Gasteiger partial charge in [0.1, 0.15) is 0 Å². The lowest BCUT2D eigenvalue weighted by Crippen LogP contribution is -2.31. The number of amides is 1. The normalized spacial score (nSPS) is 21.0. The number of tetrazole rings is 1. The van der Waals surface area contributed by atoms with E-state index in [1.165, 1.54) is 0 Å². The molecule has 0 radical (unpaired) electrons. The second-order valence-electron chi connectivity index (χ2n) is 3.24. The van der Waals surface area contributed by atoms with Crippen molar-refractivity contribution < 1.29 is 4.79 Å². The Balaban J connectivity index is 1.77. The molecule has 1 fully saturated rings. The molecule has 14 heavy (non-hydrogen) atoms. The largest absolute Gasteiger partial charge is 0.348 e. The molecule has 0 spiro atoms. The van der Waals surface area contributed by atoms with Crippen LogP contribution in [-0.4, -0.2) is 39.6 Å². The lowest BCUT2D eigenvalue weighted by molar-refractivity contribution is -0.124. The second kappa shape index (κ2) is 4.14. The minimum Gasteiger partial charge on any atom is -0.348 e. The average Bonchev–Trinajstić information content (AvgIpc) is 2.87. The number of hydrogen-bond donors (Lipinski definition) is 3. The van der Waals surface area contributed by atoms with Gasteiger partial charge in [0.2, 0.25) is 5.91 Å². The summed E-state index contributed by atoms with van der Waals surface area (Å²) in [5.41, 5.74) is 0. The molecule has 0 bridgehead atoms. The molecule has 1 aliphatic rings. The van der Waals surface area contributed by atoms with E-state index < -0.39 is 0 Å². The maximum Gasteiger partial charge on any atom is 0.224 e. The Bertz CT molecular complexity index is 291. The van der Waals surface area contributed by atoms with Gasteiger partial charge in [-0.05, 0) is 13.0 Å². The number of hydrogen-bond acceptors (Lipinski definition) is 5. The number of aromatic nitrogens is 4. The van der Waals surface area contributed by atoms with Gasteiger partial charge < -0.3 is 10.6 Å². The van der Waals surface area contributed by atoms with E-state index in [0.717, 1.165) is 19.5 Å². The Morgan fingerprint density at radius 2 is 2.57 bits per heavy atom. The highest BCUT2D eigenvalue weighted by molar-refractivity contribution is 5.79. The van der Waals surface area contributed by atoms with Crippen LogP contribution in [0.1, 0.15) is 12.2 Å². The molecule has 1 amide bonds. The summed E-state index contributed by atoms with van der Waals surface area (Å²) in [5.74, 6) is 0.644. The van der Waals surface area contributed by atoms with Crippen molar-refractivity contribution in [2.75, 3.05) is 13.1 Å². The SMILES string of the molecule is O=C(NCc1nn[nH]n1)[C@@H]1CCNC1. The molecule has 2 heterocycles. The fourth-order valence-corrected chi connectivity index (χ4v) is 1.45. The third-order valence-corrected chi connectivity index (χ3v) is 2.24. The summed E-state index contributed by atoms with van der Waals surface area (Å²) in [6.07, 6.45) is 0.901. The van der Waals surface area contributed by atoms with Gasteiger partial charge in [0, 0.05) is 6.54 Å². The summed E-state index contributed by atoms with van der Waals surface area (Å²) in [5, 5.41) is 19.1. The van der Waals surface area contributed by atoms with E-state index in [1.807, 2.05) is 0 Å². The maximum atomic E-state index is 11.5. The lowest BCUT2D eigenvalue weighted by atomic mass is 10.1. The Morgan fingerprint density at radius 1 is 1.64 bits per heavy atom. The second-order valence-corrected chi connectivity index (χ2v) is 3.24. The van der Waals surface area contributed by atoms with Crippen molar-refractivity contribution in [2.24, 2.45) is 5.92 Å². The van der Waals surface area contributed by atoms with Crippen LogP contribution in [0.15, 0.2) is 0 Å². The molecule has 0 aromatic carbocycles. The number of carbonyl (C=O) groups is 1. The zero-order chi connectivity index (χ0) is 9.80. The fraction of sp³-hybridized carbons (Fsp3) is 0.714. The maximum absolute atomic E-state index is 11.5. The van der Waals surface area contributed by atoms with E-state index in [2.05, 4.69) is 31.3 Å². The van der Waals surface area contributed by atoms with Crippen molar-refractivity contribution >= 4 is 5.91 Å². The smallest absolute Gasteiger partial charge is 0.224 e. The Kier molecular flexibility index (Phi) is 2.68. The van der Waals surface area contributed by atoms with Gasteiger partial charge in [0.15, 0.2) is 5.82 Å². The molecular weight excluding hydrogens is 184 g/mol. The molecule has 1 atom stereocenters. The van der Waals surface area contributed by atoms with Crippen molar-refractivity contribution in [3.8, 4) is 0 Å². The zero-order valence-electron chi connectivity index (χ0n) is 7.66. The Morgan fingerprint density at radius 3 is 3.21 bits per heavy atom. The van der Waals surface area contributed by atoms with Gasteiger partial charge in [0.25, 0.3) is 0 Å². The third kappa shape index (κ3) is 2.05. The van der Waals surface area contributed by atoms with E-state index in [1.54, 1.807) is 0 Å². The Labute approximate surface area is 80.6 Å². The molecule has 1 aromatic heterocycles. The molecule has 1 aliphatic heterocycles. The number of aromatic amines is 1. The van der Waals surface area contributed by atoms with E-state index in [4.69, 9.17) is 0 Å². The van der Waals surface area contributed by atoms with E-state index in [-0.39, 0.29) is 11.8 Å². The van der Waals surface area contributed by atoms with Crippen LogP contribution in [0, 0.1) is 5.92 Å². The summed E-state index contributed by atoms with van der Waals surface area (Å²) in [4.78, 5) is 11.5. The standard InChI is InChI=1S/C7H12N6O/c14-7(5-1-2-8-3-5)9-4-6-10-12-13-11-6/h5,8H,1-4H2,(H,9,14)(H,10,11,12,13)/t5-/m1/s1. The van der Waals surface area contributed by atoms with Crippen molar-refractivity contribution in [3.63, 3.8) is 0 Å². The lowest BCUT2D eigenvalue weighted by Gasteiger charge is -2.07. The first kappa shape index (κ1) is 9.07. The fourth-order valence-electron chi connectivity index (χ4n) is 1.45. The predicted molar refractivity (Wildman–Crippen MR) is 47.0 cm³/mol. The number of nitrogens with one attached hydrogen (secondary N) is 3. The predicted octanol–water partition coefficient (Wildman–Crippen LogP) is -1.57. The van der Waals surface area contributed by atoms with E-state index in [9.17, 15) is 4.79 Å². The molecule has 2 rings (SSSR count). The number of H-pyrrole nitrogens is 1. The van der Waals surface area contributed by atoms with Gasteiger partial charge in [-0.2, -0.15) is 5.21 Å². The quantitative estimate of drug-likeness (QED) is 0.542. The molecule has 7 nitrogen and oxygen atoms in total. The summed E-state index contributed by atoms with van der Waals surface area (Å²) < 4.78 is 0.